The first-order valence-corrected chi connectivity index (χ1v) is 9.04. The van der Waals surface area contributed by atoms with Crippen molar-refractivity contribution in [2.75, 3.05) is 5.73 Å². The molecule has 0 aliphatic rings. The molecular formula is C10H8F4IN2S2+. The van der Waals surface area contributed by atoms with E-state index in [1.807, 2.05) is 0 Å². The summed E-state index contributed by atoms with van der Waals surface area (Å²) in [6.07, 6.45) is 0. The Bertz CT molecular complexity index is 629. The molecule has 0 unspecified atom stereocenters. The number of nitrogens with two attached hydrogens (primary N) is 1. The Hall–Kier alpha value is -0.420. The first kappa shape index (κ1) is 15.0. The number of rotatable bonds is 4. The number of H-pyrrole nitrogens is 1. The summed E-state index contributed by atoms with van der Waals surface area (Å²) >= 11 is -1.10. The number of thioether (sulfide) groups is 1. The third-order valence-corrected chi connectivity index (χ3v) is 6.06. The van der Waals surface area contributed by atoms with Gasteiger partial charge in [-0.3, -0.25) is 5.73 Å². The average molecular weight is 423 g/mol. The molecule has 1 aromatic heterocycles. The Balaban J connectivity index is 2.33. The molecule has 0 atom stereocenters. The molecule has 0 bridgehead atoms. The zero-order valence-electron chi connectivity index (χ0n) is 9.22. The molecule has 19 heavy (non-hydrogen) atoms. The zero-order chi connectivity index (χ0) is 14.3. The predicted molar refractivity (Wildman–Crippen MR) is 79.7 cm³/mol. The van der Waals surface area contributed by atoms with Crippen molar-refractivity contribution in [3.05, 3.63) is 18.2 Å². The van der Waals surface area contributed by atoms with E-state index in [0.29, 0.717) is 15.3 Å². The number of halogens is 5. The molecule has 0 spiro atoms. The standard InChI is InChI=1S/C10H7F4IN2S2/c1-15-9(11,12)10(13,14)19-5-2-3-6-7(4-5)18-8(16)17-6/h2-4H,1H2,(H2,16,17)/p+1. The summed E-state index contributed by atoms with van der Waals surface area (Å²) in [4.78, 5) is 2.91. The molecule has 0 aliphatic carbocycles. The second-order valence-corrected chi connectivity index (χ2v) is 7.89. The van der Waals surface area contributed by atoms with Crippen LogP contribution in [0.1, 0.15) is 0 Å². The Kier molecular flexibility index (Phi) is 4.07. The quantitative estimate of drug-likeness (QED) is 0.350. The third kappa shape index (κ3) is 3.02. The molecule has 3 N–H and O–H groups in total. The van der Waals surface area contributed by atoms with Crippen molar-refractivity contribution in [2.24, 2.45) is 0 Å². The van der Waals surface area contributed by atoms with E-state index >= 15 is 0 Å². The number of hydrogen-bond acceptors (Lipinski definition) is 3. The molecule has 2 aromatic rings. The lowest BCUT2D eigenvalue weighted by atomic mass is 10.3. The summed E-state index contributed by atoms with van der Waals surface area (Å²) in [6.45, 7) is 0. The van der Waals surface area contributed by atoms with Gasteiger partial charge in [-0.2, -0.15) is 17.6 Å². The SMILES string of the molecule is C=IC(F)(F)C(F)(F)Sc1ccc2[nH+]c(N)sc2c1. The van der Waals surface area contributed by atoms with Gasteiger partial charge in [-0.15, -0.1) is 0 Å². The minimum Gasteiger partial charge on any atom is -0.278 e. The Morgan fingerprint density at radius 3 is 2.63 bits per heavy atom. The van der Waals surface area contributed by atoms with Crippen LogP contribution in [0.4, 0.5) is 22.7 Å². The maximum Gasteiger partial charge on any atom is 0.369 e. The van der Waals surface area contributed by atoms with Crippen LogP contribution in [0.3, 0.4) is 0 Å². The van der Waals surface area contributed by atoms with Crippen LogP contribution in [0.2, 0.25) is 0 Å². The monoisotopic (exact) mass is 423 g/mol. The number of thiazole rings is 1. The van der Waals surface area contributed by atoms with Crippen LogP contribution in [0, 0.1) is 0 Å². The van der Waals surface area contributed by atoms with Crippen molar-refractivity contribution >= 4 is 63.7 Å². The number of nitrogen functional groups attached to an aromatic ring is 1. The van der Waals surface area contributed by atoms with Crippen molar-refractivity contribution in [1.29, 1.82) is 0 Å². The van der Waals surface area contributed by atoms with Crippen molar-refractivity contribution in [3.63, 3.8) is 0 Å². The summed E-state index contributed by atoms with van der Waals surface area (Å²) in [7, 11) is 0. The first-order valence-electron chi connectivity index (χ1n) is 4.81. The Morgan fingerprint density at radius 2 is 2.00 bits per heavy atom. The van der Waals surface area contributed by atoms with Crippen LogP contribution in [-0.4, -0.2) is 13.7 Å². The maximum absolute atomic E-state index is 13.5. The zero-order valence-corrected chi connectivity index (χ0v) is 13.0. The summed E-state index contributed by atoms with van der Waals surface area (Å²) in [5.74, 6) is 0. The molecule has 0 saturated heterocycles. The van der Waals surface area contributed by atoms with Gasteiger partial charge in [0.25, 0.3) is 0 Å². The summed E-state index contributed by atoms with van der Waals surface area (Å²) < 4.78 is 52.8. The van der Waals surface area contributed by atoms with Crippen LogP contribution >= 0.6 is 43.8 Å². The van der Waals surface area contributed by atoms with E-state index in [1.54, 1.807) is 0 Å². The lowest BCUT2D eigenvalue weighted by Crippen LogP contribution is -2.31. The van der Waals surface area contributed by atoms with Crippen LogP contribution in [0.25, 0.3) is 10.2 Å². The van der Waals surface area contributed by atoms with E-state index in [-0.39, 0.29) is 16.7 Å². The fourth-order valence-electron chi connectivity index (χ4n) is 1.31. The highest BCUT2D eigenvalue weighted by Gasteiger charge is 2.55. The number of aromatic amines is 1. The molecule has 0 fully saturated rings. The molecule has 0 amide bonds. The van der Waals surface area contributed by atoms with E-state index in [2.05, 4.69) is 9.50 Å². The summed E-state index contributed by atoms with van der Waals surface area (Å²) in [6, 6.07) is 4.32. The fraction of sp³-hybridized carbons (Fsp3) is 0.200. The predicted octanol–water partition coefficient (Wildman–Crippen LogP) is 3.98. The number of benzene rings is 1. The average Bonchev–Trinajstić information content (AvgIpc) is 2.67. The highest BCUT2D eigenvalue weighted by molar-refractivity contribution is 14.2. The van der Waals surface area contributed by atoms with Crippen LogP contribution < -0.4 is 10.7 Å². The van der Waals surface area contributed by atoms with Gasteiger partial charge in [0.2, 0.25) is 0 Å². The minimum atomic E-state index is -4.15. The van der Waals surface area contributed by atoms with Gasteiger partial charge in [0, 0.05) is 4.90 Å². The normalized spacial score (nSPS) is 13.1. The molecule has 1 aromatic carbocycles. The third-order valence-electron chi connectivity index (χ3n) is 2.17. The maximum atomic E-state index is 13.5. The van der Waals surface area contributed by atoms with Crippen molar-refractivity contribution < 1.29 is 22.5 Å². The molecule has 104 valence electrons. The molecule has 0 saturated carbocycles. The van der Waals surface area contributed by atoms with E-state index in [9.17, 15) is 17.6 Å². The van der Waals surface area contributed by atoms with E-state index in [4.69, 9.17) is 5.73 Å². The molecule has 2 nitrogen and oxygen atoms in total. The van der Waals surface area contributed by atoms with Gasteiger partial charge in [-0.1, -0.05) is 4.51 Å². The number of alkyl halides is 5. The number of anilines is 1. The van der Waals surface area contributed by atoms with Crippen LogP contribution in [0.5, 0.6) is 0 Å². The van der Waals surface area contributed by atoms with Crippen LogP contribution in [-0.2, 0) is 0 Å². The highest BCUT2D eigenvalue weighted by atomic mass is 127. The first-order chi connectivity index (χ1) is 8.75. The van der Waals surface area contributed by atoms with E-state index < -0.39 is 29.9 Å². The second-order valence-electron chi connectivity index (χ2n) is 3.50. The smallest absolute Gasteiger partial charge is 0.278 e. The minimum absolute atomic E-state index is 0.0740. The van der Waals surface area contributed by atoms with Crippen molar-refractivity contribution in [2.45, 2.75) is 14.1 Å². The molecular weight excluding hydrogens is 415 g/mol. The van der Waals surface area contributed by atoms with Crippen molar-refractivity contribution in [3.8, 4) is 0 Å². The molecule has 2 rings (SSSR count). The van der Waals surface area contributed by atoms with E-state index in [0.717, 1.165) is 0 Å². The summed E-state index contributed by atoms with van der Waals surface area (Å²) in [5, 5.41) is -3.72. The lowest BCUT2D eigenvalue weighted by molar-refractivity contribution is -0.320. The molecule has 0 radical (unpaired) electrons. The van der Waals surface area contributed by atoms with E-state index in [1.165, 1.54) is 29.5 Å². The fourth-order valence-corrected chi connectivity index (χ4v) is 4.07. The Labute approximate surface area is 124 Å². The van der Waals surface area contributed by atoms with Crippen molar-refractivity contribution in [1.82, 2.24) is 0 Å². The molecule has 1 heterocycles. The number of fused-ring (bicyclic) bond motifs is 1. The van der Waals surface area contributed by atoms with Gasteiger partial charge in [0.15, 0.2) is 0 Å². The molecule has 9 heteroatoms. The Morgan fingerprint density at radius 1 is 1.32 bits per heavy atom. The largest absolute Gasteiger partial charge is 0.369 e. The number of hydrogen-bond donors (Lipinski definition) is 1. The lowest BCUT2D eigenvalue weighted by Gasteiger charge is -2.22. The van der Waals surface area contributed by atoms with Gasteiger partial charge in [-0.05, 0) is 62.0 Å². The second kappa shape index (κ2) is 5.17. The van der Waals surface area contributed by atoms with Gasteiger partial charge in [0.1, 0.15) is 5.52 Å². The molecule has 0 aliphatic heterocycles. The topological polar surface area (TPSA) is 40.2 Å². The highest BCUT2D eigenvalue weighted by Crippen LogP contribution is 2.52. The van der Waals surface area contributed by atoms with Gasteiger partial charge >= 0.3 is 14.3 Å². The summed E-state index contributed by atoms with van der Waals surface area (Å²) in [5.41, 5.74) is 6.23. The van der Waals surface area contributed by atoms with Gasteiger partial charge in [-0.25, -0.2) is 4.98 Å². The van der Waals surface area contributed by atoms with Crippen LogP contribution in [0.15, 0.2) is 23.1 Å². The number of nitrogens with one attached hydrogen (secondary N) is 1. The number of aromatic nitrogens is 1. The van der Waals surface area contributed by atoms with Gasteiger partial charge < -0.3 is 0 Å². The van der Waals surface area contributed by atoms with Gasteiger partial charge in [0.05, 0.1) is 4.70 Å².